The van der Waals surface area contributed by atoms with Crippen molar-refractivity contribution >= 4 is 21.8 Å². The molecule has 4 rings (SSSR count). The number of imidazole rings is 1. The topological polar surface area (TPSA) is 105 Å². The van der Waals surface area contributed by atoms with Gasteiger partial charge in [0.25, 0.3) is 0 Å². The van der Waals surface area contributed by atoms with E-state index in [2.05, 4.69) is 10.3 Å². The van der Waals surface area contributed by atoms with Crippen molar-refractivity contribution in [2.45, 2.75) is 30.7 Å². The molecule has 2 aromatic carbocycles. The molecule has 0 spiro atoms. The quantitative estimate of drug-likeness (QED) is 0.517. The minimum absolute atomic E-state index is 0.0822. The van der Waals surface area contributed by atoms with Crippen LogP contribution >= 0.6 is 0 Å². The van der Waals surface area contributed by atoms with Gasteiger partial charge in [0.05, 0.1) is 17.3 Å². The minimum atomic E-state index is -3.57. The van der Waals surface area contributed by atoms with Crippen LogP contribution in [0.2, 0.25) is 0 Å². The molecule has 35 heavy (non-hydrogen) atoms. The van der Waals surface area contributed by atoms with E-state index in [0.717, 1.165) is 11.3 Å². The number of amides is 2. The number of carbonyl (C=O) groups is 2. The summed E-state index contributed by atoms with van der Waals surface area (Å²) in [7, 11) is -3.57. The summed E-state index contributed by atoms with van der Waals surface area (Å²) in [6, 6.07) is 15.9. The van der Waals surface area contributed by atoms with E-state index in [1.54, 1.807) is 47.8 Å². The Morgan fingerprint density at radius 2 is 1.66 bits per heavy atom. The fourth-order valence-corrected chi connectivity index (χ4v) is 5.49. The first-order valence-corrected chi connectivity index (χ1v) is 13.0. The van der Waals surface area contributed by atoms with Crippen LogP contribution in [0.1, 0.15) is 31.4 Å². The van der Waals surface area contributed by atoms with Gasteiger partial charge in [-0.3, -0.25) is 9.59 Å². The van der Waals surface area contributed by atoms with Crippen LogP contribution in [0.5, 0.6) is 0 Å². The third-order valence-corrected chi connectivity index (χ3v) is 8.02. The Hall–Kier alpha value is -3.50. The van der Waals surface area contributed by atoms with Crippen molar-refractivity contribution in [1.82, 2.24) is 24.1 Å². The molecule has 1 atom stereocenters. The Morgan fingerprint density at radius 3 is 2.29 bits per heavy atom. The number of hydrogen-bond acceptors (Lipinski definition) is 5. The lowest BCUT2D eigenvalue weighted by Crippen LogP contribution is -2.50. The van der Waals surface area contributed by atoms with Gasteiger partial charge in [-0.2, -0.15) is 4.31 Å². The van der Waals surface area contributed by atoms with Crippen molar-refractivity contribution in [3.05, 3.63) is 78.9 Å². The van der Waals surface area contributed by atoms with Crippen LogP contribution in [0, 0.1) is 0 Å². The molecule has 1 aliphatic heterocycles. The normalized spacial score (nSPS) is 15.5. The number of nitrogens with zero attached hydrogens (tertiary/aromatic N) is 4. The smallest absolute Gasteiger partial charge is 0.243 e. The van der Waals surface area contributed by atoms with E-state index in [-0.39, 0.29) is 48.7 Å². The Labute approximate surface area is 205 Å². The maximum absolute atomic E-state index is 12.7. The third kappa shape index (κ3) is 5.95. The number of rotatable bonds is 8. The van der Waals surface area contributed by atoms with Crippen molar-refractivity contribution in [1.29, 1.82) is 0 Å². The highest BCUT2D eigenvalue weighted by molar-refractivity contribution is 7.89. The van der Waals surface area contributed by atoms with Gasteiger partial charge in [0, 0.05) is 57.1 Å². The lowest BCUT2D eigenvalue weighted by Gasteiger charge is -2.34. The van der Waals surface area contributed by atoms with Crippen LogP contribution in [-0.4, -0.2) is 65.2 Å². The van der Waals surface area contributed by atoms with E-state index < -0.39 is 10.0 Å². The Morgan fingerprint density at radius 1 is 0.971 bits per heavy atom. The molecule has 184 valence electrons. The molecule has 2 amide bonds. The molecule has 1 aromatic heterocycles. The van der Waals surface area contributed by atoms with Gasteiger partial charge in [-0.25, -0.2) is 13.4 Å². The molecule has 0 unspecified atom stereocenters. The summed E-state index contributed by atoms with van der Waals surface area (Å²) in [5.74, 6) is -0.343. The number of piperazine rings is 1. The fourth-order valence-electron chi connectivity index (χ4n) is 4.04. The first-order chi connectivity index (χ1) is 16.8. The second-order valence-electron chi connectivity index (χ2n) is 8.45. The van der Waals surface area contributed by atoms with E-state index in [9.17, 15) is 18.0 Å². The van der Waals surface area contributed by atoms with Crippen molar-refractivity contribution in [3.8, 4) is 5.69 Å². The Kier molecular flexibility index (Phi) is 7.62. The molecule has 2 heterocycles. The monoisotopic (exact) mass is 495 g/mol. The molecule has 3 aromatic rings. The summed E-state index contributed by atoms with van der Waals surface area (Å²) in [5.41, 5.74) is 1.94. The molecule has 10 heteroatoms. The second kappa shape index (κ2) is 10.8. The lowest BCUT2D eigenvalue weighted by atomic mass is 10.1. The van der Waals surface area contributed by atoms with Crippen molar-refractivity contribution in [2.75, 3.05) is 26.2 Å². The van der Waals surface area contributed by atoms with Gasteiger partial charge in [0.1, 0.15) is 0 Å². The van der Waals surface area contributed by atoms with E-state index in [0.29, 0.717) is 13.1 Å². The third-order valence-electron chi connectivity index (χ3n) is 6.11. The average Bonchev–Trinajstić information content (AvgIpc) is 3.43. The molecule has 1 aliphatic rings. The van der Waals surface area contributed by atoms with Gasteiger partial charge in [0.2, 0.25) is 21.8 Å². The first-order valence-electron chi connectivity index (χ1n) is 11.6. The van der Waals surface area contributed by atoms with Crippen molar-refractivity contribution in [3.63, 3.8) is 0 Å². The fraction of sp³-hybridized carbons (Fsp3) is 0.320. The highest BCUT2D eigenvalue weighted by Gasteiger charge is 2.30. The standard InChI is InChI=1S/C25H29N5O4S/c1-20(21-7-9-22(10-8-21)29-14-13-26-19-29)27-24(31)11-12-25(32)28-15-17-30(18-16-28)35(33,34)23-5-3-2-4-6-23/h2-10,13-14,19-20H,11-12,15-18H2,1H3,(H,27,31)/t20-/m0/s1. The average molecular weight is 496 g/mol. The van der Waals surface area contributed by atoms with Crippen molar-refractivity contribution < 1.29 is 18.0 Å². The molecule has 1 N–H and O–H groups in total. The summed E-state index contributed by atoms with van der Waals surface area (Å²) in [6.07, 6.45) is 5.46. The van der Waals surface area contributed by atoms with Gasteiger partial charge in [-0.05, 0) is 36.8 Å². The number of nitrogens with one attached hydrogen (secondary N) is 1. The number of carbonyl (C=O) groups excluding carboxylic acids is 2. The number of hydrogen-bond donors (Lipinski definition) is 1. The van der Waals surface area contributed by atoms with Gasteiger partial charge in [-0.15, -0.1) is 0 Å². The molecular formula is C25H29N5O4S. The molecule has 9 nitrogen and oxygen atoms in total. The van der Waals surface area contributed by atoms with Crippen LogP contribution in [0.4, 0.5) is 0 Å². The van der Waals surface area contributed by atoms with Gasteiger partial charge < -0.3 is 14.8 Å². The van der Waals surface area contributed by atoms with Crippen LogP contribution in [0.25, 0.3) is 5.69 Å². The predicted molar refractivity (Wildman–Crippen MR) is 131 cm³/mol. The van der Waals surface area contributed by atoms with Gasteiger partial charge >= 0.3 is 0 Å². The molecule has 0 radical (unpaired) electrons. The van der Waals surface area contributed by atoms with E-state index in [1.807, 2.05) is 42.0 Å². The Bertz CT molecular complexity index is 1240. The van der Waals surface area contributed by atoms with E-state index in [4.69, 9.17) is 0 Å². The van der Waals surface area contributed by atoms with E-state index >= 15 is 0 Å². The Balaban J connectivity index is 1.22. The number of benzene rings is 2. The second-order valence-corrected chi connectivity index (χ2v) is 10.4. The molecule has 0 saturated carbocycles. The van der Waals surface area contributed by atoms with Crippen molar-refractivity contribution in [2.24, 2.45) is 0 Å². The molecule has 1 fully saturated rings. The van der Waals surface area contributed by atoms with E-state index in [1.165, 1.54) is 4.31 Å². The van der Waals surface area contributed by atoms with Gasteiger partial charge in [-0.1, -0.05) is 30.3 Å². The molecular weight excluding hydrogens is 466 g/mol. The summed E-state index contributed by atoms with van der Waals surface area (Å²) in [5, 5.41) is 2.94. The number of aromatic nitrogens is 2. The van der Waals surface area contributed by atoms with Crippen LogP contribution in [-0.2, 0) is 19.6 Å². The summed E-state index contributed by atoms with van der Waals surface area (Å²) in [6.45, 7) is 3.00. The van der Waals surface area contributed by atoms with Crippen LogP contribution < -0.4 is 5.32 Å². The molecule has 1 saturated heterocycles. The SMILES string of the molecule is C[C@H](NC(=O)CCC(=O)N1CCN(S(=O)(=O)c2ccccc2)CC1)c1ccc(-n2ccnc2)cc1. The zero-order valence-electron chi connectivity index (χ0n) is 19.6. The first kappa shape index (κ1) is 24.6. The predicted octanol–water partition coefficient (Wildman–Crippen LogP) is 2.36. The summed E-state index contributed by atoms with van der Waals surface area (Å²) >= 11 is 0. The summed E-state index contributed by atoms with van der Waals surface area (Å²) < 4.78 is 28.8. The van der Waals surface area contributed by atoms with Crippen LogP contribution in [0.15, 0.2) is 78.2 Å². The molecule has 0 bridgehead atoms. The maximum atomic E-state index is 12.7. The highest BCUT2D eigenvalue weighted by atomic mass is 32.2. The zero-order chi connectivity index (χ0) is 24.8. The van der Waals surface area contributed by atoms with Crippen LogP contribution in [0.3, 0.4) is 0 Å². The van der Waals surface area contributed by atoms with Gasteiger partial charge in [0.15, 0.2) is 0 Å². The largest absolute Gasteiger partial charge is 0.350 e. The summed E-state index contributed by atoms with van der Waals surface area (Å²) in [4.78, 5) is 30.9. The molecule has 0 aliphatic carbocycles. The zero-order valence-corrected chi connectivity index (χ0v) is 20.4. The highest BCUT2D eigenvalue weighted by Crippen LogP contribution is 2.18. The maximum Gasteiger partial charge on any atom is 0.243 e. The minimum Gasteiger partial charge on any atom is -0.350 e. The number of sulfonamides is 1. The lowest BCUT2D eigenvalue weighted by molar-refractivity contribution is -0.134.